The fourth-order valence-electron chi connectivity index (χ4n) is 0.954. The molecule has 2 atom stereocenters. The predicted octanol–water partition coefficient (Wildman–Crippen LogP) is 1.30. The molecule has 0 saturated carbocycles. The highest BCUT2D eigenvalue weighted by Gasteiger charge is 2.08. The van der Waals surface area contributed by atoms with Crippen LogP contribution >= 0.6 is 0 Å². The van der Waals surface area contributed by atoms with Crippen molar-refractivity contribution in [2.75, 3.05) is 0 Å². The number of hydrogen-bond donors (Lipinski definition) is 4. The average Bonchev–Trinajstić information content (AvgIpc) is 2.37. The van der Waals surface area contributed by atoms with E-state index in [1.807, 2.05) is 30.3 Å². The Kier molecular flexibility index (Phi) is 11.2. The van der Waals surface area contributed by atoms with Crippen molar-refractivity contribution in [1.82, 2.24) is 5.32 Å². The van der Waals surface area contributed by atoms with Crippen LogP contribution in [0.15, 0.2) is 30.3 Å². The molecule has 0 saturated heterocycles. The Bertz CT molecular complexity index is 393. The maximum absolute atomic E-state index is 10.5. The molecule has 20 heavy (non-hydrogen) atoms. The molecule has 0 radical (unpaired) electrons. The first-order valence-electron chi connectivity index (χ1n) is 5.83. The van der Waals surface area contributed by atoms with Crippen LogP contribution in [0.4, 0.5) is 0 Å². The quantitative estimate of drug-likeness (QED) is 0.648. The maximum Gasteiger partial charge on any atom is 0.320 e. The molecule has 5 N–H and O–H groups in total. The van der Waals surface area contributed by atoms with E-state index in [1.54, 1.807) is 6.92 Å². The number of hydrogen-bond acceptors (Lipinski definition) is 4. The predicted molar refractivity (Wildman–Crippen MR) is 78.4 cm³/mol. The van der Waals surface area contributed by atoms with Crippen LogP contribution < -0.4 is 11.1 Å². The number of benzene rings is 1. The first kappa shape index (κ1) is 20.4. The number of carbonyl (C=O) groups is 2. The maximum atomic E-state index is 10.5. The van der Waals surface area contributed by atoms with Gasteiger partial charge in [-0.25, -0.2) is 0 Å². The fourth-order valence-corrected chi connectivity index (χ4v) is 0.954. The molecule has 0 amide bonds. The second-order valence-electron chi connectivity index (χ2n) is 4.05. The molecule has 0 spiro atoms. The Morgan fingerprint density at radius 3 is 1.95 bits per heavy atom. The SMILES string of the molecule is C.C[C@H](N)C(=O)O.C[C@H](NCc1ccccc1)C(=O)O. The standard InChI is InChI=1S/C10H13NO2.C3H7NO2.CH4/c1-8(10(12)13)11-7-9-5-3-2-4-6-9;1-2(4)3(5)6;/h2-6,8,11H,7H2,1H3,(H,12,13);2H,4H2,1H3,(H,5,6);1H4/t8-;2-;/m00./s1. The molecule has 0 aliphatic heterocycles. The van der Waals surface area contributed by atoms with Crippen LogP contribution in [-0.2, 0) is 16.1 Å². The summed E-state index contributed by atoms with van der Waals surface area (Å²) in [6.45, 7) is 3.64. The van der Waals surface area contributed by atoms with Gasteiger partial charge in [0.05, 0.1) is 0 Å². The summed E-state index contributed by atoms with van der Waals surface area (Å²) in [6, 6.07) is 8.49. The summed E-state index contributed by atoms with van der Waals surface area (Å²) in [5.41, 5.74) is 5.93. The van der Waals surface area contributed by atoms with Crippen molar-refractivity contribution in [3.63, 3.8) is 0 Å². The summed E-state index contributed by atoms with van der Waals surface area (Å²) < 4.78 is 0. The van der Waals surface area contributed by atoms with Gasteiger partial charge in [-0.2, -0.15) is 0 Å². The van der Waals surface area contributed by atoms with Crippen molar-refractivity contribution >= 4 is 11.9 Å². The summed E-state index contributed by atoms with van der Waals surface area (Å²) in [5.74, 6) is -1.79. The second kappa shape index (κ2) is 11.0. The van der Waals surface area contributed by atoms with Gasteiger partial charge in [0.2, 0.25) is 0 Å². The summed E-state index contributed by atoms with van der Waals surface area (Å²) in [6.07, 6.45) is 0. The lowest BCUT2D eigenvalue weighted by molar-refractivity contribution is -0.139. The van der Waals surface area contributed by atoms with Crippen LogP contribution in [0.2, 0.25) is 0 Å². The third kappa shape index (κ3) is 10.0. The molecule has 1 rings (SSSR count). The minimum Gasteiger partial charge on any atom is -0.480 e. The van der Waals surface area contributed by atoms with Gasteiger partial charge >= 0.3 is 11.9 Å². The van der Waals surface area contributed by atoms with Crippen LogP contribution in [-0.4, -0.2) is 34.2 Å². The molecule has 1 aromatic rings. The van der Waals surface area contributed by atoms with E-state index in [0.29, 0.717) is 6.54 Å². The van der Waals surface area contributed by atoms with Gasteiger partial charge < -0.3 is 21.3 Å². The number of carboxylic acids is 2. The zero-order valence-electron chi connectivity index (χ0n) is 11.0. The van der Waals surface area contributed by atoms with E-state index >= 15 is 0 Å². The molecule has 0 aromatic heterocycles. The normalized spacial score (nSPS) is 12.2. The number of rotatable bonds is 5. The highest BCUT2D eigenvalue weighted by Crippen LogP contribution is 1.97. The zero-order valence-corrected chi connectivity index (χ0v) is 11.0. The topological polar surface area (TPSA) is 113 Å². The molecule has 114 valence electrons. The van der Waals surface area contributed by atoms with Crippen molar-refractivity contribution in [3.05, 3.63) is 35.9 Å². The van der Waals surface area contributed by atoms with Crippen molar-refractivity contribution in [2.24, 2.45) is 5.73 Å². The first-order valence-corrected chi connectivity index (χ1v) is 5.83. The van der Waals surface area contributed by atoms with Crippen LogP contribution in [0.5, 0.6) is 0 Å². The van der Waals surface area contributed by atoms with Crippen LogP contribution in [0.3, 0.4) is 0 Å². The molecule has 6 nitrogen and oxygen atoms in total. The van der Waals surface area contributed by atoms with Crippen molar-refractivity contribution < 1.29 is 19.8 Å². The third-order valence-electron chi connectivity index (χ3n) is 2.22. The van der Waals surface area contributed by atoms with E-state index in [-0.39, 0.29) is 7.43 Å². The Labute approximate surface area is 119 Å². The molecule has 1 aromatic carbocycles. The van der Waals surface area contributed by atoms with Crippen molar-refractivity contribution in [3.8, 4) is 0 Å². The molecule has 0 aliphatic carbocycles. The van der Waals surface area contributed by atoms with E-state index in [1.165, 1.54) is 6.92 Å². The smallest absolute Gasteiger partial charge is 0.320 e. The zero-order chi connectivity index (χ0) is 14.8. The van der Waals surface area contributed by atoms with Gasteiger partial charge in [0, 0.05) is 6.54 Å². The molecular formula is C14H24N2O4. The van der Waals surface area contributed by atoms with E-state index in [0.717, 1.165) is 5.56 Å². The molecule has 6 heteroatoms. The molecule has 0 aliphatic rings. The summed E-state index contributed by atoms with van der Waals surface area (Å²) in [7, 11) is 0. The average molecular weight is 284 g/mol. The van der Waals surface area contributed by atoms with Crippen molar-refractivity contribution in [2.45, 2.75) is 39.9 Å². The van der Waals surface area contributed by atoms with Gasteiger partial charge in [-0.1, -0.05) is 37.8 Å². The van der Waals surface area contributed by atoms with Gasteiger partial charge in [0.25, 0.3) is 0 Å². The highest BCUT2D eigenvalue weighted by molar-refractivity contribution is 5.72. The lowest BCUT2D eigenvalue weighted by Gasteiger charge is -2.08. The Morgan fingerprint density at radius 2 is 1.60 bits per heavy atom. The molecule has 0 fully saturated rings. The van der Waals surface area contributed by atoms with Crippen LogP contribution in [0, 0.1) is 0 Å². The summed E-state index contributed by atoms with van der Waals surface area (Å²) >= 11 is 0. The monoisotopic (exact) mass is 284 g/mol. The number of carboxylic acid groups (broad SMARTS) is 2. The van der Waals surface area contributed by atoms with E-state index in [9.17, 15) is 9.59 Å². The highest BCUT2D eigenvalue weighted by atomic mass is 16.4. The summed E-state index contributed by atoms with van der Waals surface area (Å²) in [5, 5.41) is 19.4. The van der Waals surface area contributed by atoms with Gasteiger partial charge in [-0.05, 0) is 19.4 Å². The second-order valence-corrected chi connectivity index (χ2v) is 4.05. The van der Waals surface area contributed by atoms with Gasteiger partial charge in [-0.15, -0.1) is 0 Å². The fraction of sp³-hybridized carbons (Fsp3) is 0.429. The largest absolute Gasteiger partial charge is 0.480 e. The van der Waals surface area contributed by atoms with Crippen LogP contribution in [0.1, 0.15) is 26.8 Å². The van der Waals surface area contributed by atoms with E-state index < -0.39 is 24.0 Å². The lowest BCUT2D eigenvalue weighted by atomic mass is 10.2. The molecular weight excluding hydrogens is 260 g/mol. The van der Waals surface area contributed by atoms with E-state index in [2.05, 4.69) is 5.32 Å². The Balaban J connectivity index is 0. The number of aliphatic carboxylic acids is 2. The molecule has 0 bridgehead atoms. The minimum absolute atomic E-state index is 0. The van der Waals surface area contributed by atoms with Gasteiger partial charge in [0.1, 0.15) is 12.1 Å². The first-order chi connectivity index (χ1) is 8.84. The Hall–Kier alpha value is -1.92. The lowest BCUT2D eigenvalue weighted by Crippen LogP contribution is -2.33. The van der Waals surface area contributed by atoms with Gasteiger partial charge in [-0.3, -0.25) is 9.59 Å². The number of nitrogens with one attached hydrogen (secondary N) is 1. The third-order valence-corrected chi connectivity index (χ3v) is 2.22. The minimum atomic E-state index is -0.963. The molecule has 0 heterocycles. The number of nitrogens with two attached hydrogens (primary N) is 1. The van der Waals surface area contributed by atoms with Crippen LogP contribution in [0.25, 0.3) is 0 Å². The summed E-state index contributed by atoms with van der Waals surface area (Å²) in [4.78, 5) is 20.0. The van der Waals surface area contributed by atoms with Gasteiger partial charge in [0.15, 0.2) is 0 Å². The van der Waals surface area contributed by atoms with E-state index in [4.69, 9.17) is 15.9 Å². The van der Waals surface area contributed by atoms with Crippen molar-refractivity contribution in [1.29, 1.82) is 0 Å². The molecule has 0 unspecified atom stereocenters. The Morgan fingerprint density at radius 1 is 1.15 bits per heavy atom.